The molecule has 0 atom stereocenters. The first-order valence-electron chi connectivity index (χ1n) is 3.95. The fourth-order valence-corrected chi connectivity index (χ4v) is 4.93. The largest absolute Gasteiger partial charge is 0.481 e. The third-order valence-corrected chi connectivity index (χ3v) is 4.09. The van der Waals surface area contributed by atoms with E-state index in [0.29, 0.717) is 15.3 Å². The van der Waals surface area contributed by atoms with Crippen LogP contribution in [-0.4, -0.2) is 14.5 Å². The van der Waals surface area contributed by atoms with Crippen molar-refractivity contribution in [3.05, 3.63) is 0 Å². The summed E-state index contributed by atoms with van der Waals surface area (Å²) in [4.78, 5) is 10.3. The number of alkyl halides is 1. The Labute approximate surface area is 79.5 Å². The minimum Gasteiger partial charge on any atom is -0.481 e. The van der Waals surface area contributed by atoms with Crippen LogP contribution >= 0.6 is 22.6 Å². The van der Waals surface area contributed by atoms with Gasteiger partial charge in [-0.1, -0.05) is 22.6 Å². The third-order valence-electron chi connectivity index (χ3n) is 2.94. The molecule has 3 fully saturated rings. The van der Waals surface area contributed by atoms with Crippen LogP contribution < -0.4 is 0 Å². The molecule has 0 amide bonds. The van der Waals surface area contributed by atoms with Crippen LogP contribution in [0, 0.1) is 5.41 Å². The molecule has 1 N–H and O–H groups in total. The van der Waals surface area contributed by atoms with Gasteiger partial charge in [0.25, 0.3) is 0 Å². The van der Waals surface area contributed by atoms with Gasteiger partial charge in [0.1, 0.15) is 0 Å². The quantitative estimate of drug-likeness (QED) is 0.628. The van der Waals surface area contributed by atoms with Crippen LogP contribution in [0.2, 0.25) is 0 Å². The summed E-state index contributed by atoms with van der Waals surface area (Å²) in [5, 5.41) is 8.48. The molecule has 2 nitrogen and oxygen atoms in total. The van der Waals surface area contributed by atoms with E-state index < -0.39 is 5.97 Å². The lowest BCUT2D eigenvalue weighted by molar-refractivity contribution is -0.141. The minimum absolute atomic E-state index is 0.368. The highest BCUT2D eigenvalue weighted by Crippen LogP contribution is 2.73. The van der Waals surface area contributed by atoms with Crippen molar-refractivity contribution >= 4 is 28.6 Å². The van der Waals surface area contributed by atoms with Crippen molar-refractivity contribution in [1.29, 1.82) is 0 Å². The van der Waals surface area contributed by atoms with Crippen molar-refractivity contribution < 1.29 is 9.90 Å². The van der Waals surface area contributed by atoms with Crippen LogP contribution in [0.25, 0.3) is 0 Å². The lowest BCUT2D eigenvalue weighted by Gasteiger charge is -2.68. The average molecular weight is 266 g/mol. The molecule has 0 radical (unpaired) electrons. The Morgan fingerprint density at radius 3 is 2.36 bits per heavy atom. The second-order valence-corrected chi connectivity index (χ2v) is 6.36. The van der Waals surface area contributed by atoms with Crippen LogP contribution in [0.4, 0.5) is 0 Å². The van der Waals surface area contributed by atoms with Crippen molar-refractivity contribution in [2.45, 2.75) is 35.5 Å². The van der Waals surface area contributed by atoms with Gasteiger partial charge in [-0.15, -0.1) is 0 Å². The zero-order chi connectivity index (χ0) is 8.11. The number of rotatable bonds is 3. The highest BCUT2D eigenvalue weighted by atomic mass is 127. The number of aliphatic carboxylic acids is 1. The van der Waals surface area contributed by atoms with E-state index >= 15 is 0 Å². The lowest BCUT2D eigenvalue weighted by Crippen LogP contribution is -2.62. The topological polar surface area (TPSA) is 37.3 Å². The molecule has 3 aliphatic rings. The van der Waals surface area contributed by atoms with Crippen molar-refractivity contribution in [3.8, 4) is 0 Å². The first-order chi connectivity index (χ1) is 5.04. The van der Waals surface area contributed by atoms with Gasteiger partial charge in [0, 0.05) is 9.84 Å². The van der Waals surface area contributed by atoms with Gasteiger partial charge in [-0.05, 0) is 31.1 Å². The van der Waals surface area contributed by atoms with E-state index in [4.69, 9.17) is 5.11 Å². The van der Waals surface area contributed by atoms with Gasteiger partial charge in [-0.2, -0.15) is 0 Å². The van der Waals surface area contributed by atoms with Crippen LogP contribution in [0.3, 0.4) is 0 Å². The summed E-state index contributed by atoms with van der Waals surface area (Å²) in [6, 6.07) is 0. The van der Waals surface area contributed by atoms with E-state index in [-0.39, 0.29) is 0 Å². The molecule has 3 saturated carbocycles. The van der Waals surface area contributed by atoms with Crippen molar-refractivity contribution in [1.82, 2.24) is 0 Å². The van der Waals surface area contributed by atoms with Gasteiger partial charge in [-0.3, -0.25) is 4.79 Å². The normalized spacial score (nSPS) is 45.9. The lowest BCUT2D eigenvalue weighted by atomic mass is 9.43. The first-order valence-corrected chi connectivity index (χ1v) is 5.02. The highest BCUT2D eigenvalue weighted by molar-refractivity contribution is 14.1. The third kappa shape index (κ3) is 1.17. The molecule has 11 heavy (non-hydrogen) atoms. The van der Waals surface area contributed by atoms with Crippen LogP contribution in [0.1, 0.15) is 32.1 Å². The Kier molecular flexibility index (Phi) is 1.51. The highest BCUT2D eigenvalue weighted by Gasteiger charge is 2.65. The Balaban J connectivity index is 1.78. The maximum absolute atomic E-state index is 10.3. The second kappa shape index (κ2) is 2.12. The standard InChI is InChI=1S/C8H11IO2/c9-8-3-7(4-8,5-8)2-1-6(10)11/h1-5H2,(H,10,11). The van der Waals surface area contributed by atoms with Gasteiger partial charge in [0.15, 0.2) is 0 Å². The molecule has 0 heterocycles. The van der Waals surface area contributed by atoms with E-state index in [9.17, 15) is 4.79 Å². The molecule has 0 unspecified atom stereocenters. The zero-order valence-corrected chi connectivity index (χ0v) is 8.43. The summed E-state index contributed by atoms with van der Waals surface area (Å²) in [5.41, 5.74) is 0.472. The molecule has 0 aromatic heterocycles. The zero-order valence-electron chi connectivity index (χ0n) is 6.27. The number of carboxylic acids is 1. The summed E-state index contributed by atoms with van der Waals surface area (Å²) in [6.07, 6.45) is 5.09. The molecule has 3 heteroatoms. The van der Waals surface area contributed by atoms with E-state index in [0.717, 1.165) is 6.42 Å². The van der Waals surface area contributed by atoms with Crippen molar-refractivity contribution in [3.63, 3.8) is 0 Å². The summed E-state index contributed by atoms with van der Waals surface area (Å²) in [7, 11) is 0. The molecule has 0 aliphatic heterocycles. The van der Waals surface area contributed by atoms with Crippen LogP contribution in [0.5, 0.6) is 0 Å². The van der Waals surface area contributed by atoms with Gasteiger partial charge >= 0.3 is 5.97 Å². The maximum Gasteiger partial charge on any atom is 0.303 e. The van der Waals surface area contributed by atoms with E-state index in [1.807, 2.05) is 0 Å². The Morgan fingerprint density at radius 2 is 2.00 bits per heavy atom. The van der Waals surface area contributed by atoms with Crippen LogP contribution in [0.15, 0.2) is 0 Å². The van der Waals surface area contributed by atoms with E-state index in [2.05, 4.69) is 22.6 Å². The number of carboxylic acid groups (broad SMARTS) is 1. The Bertz CT molecular complexity index is 192. The predicted molar refractivity (Wildman–Crippen MR) is 49.9 cm³/mol. The molecule has 0 aromatic carbocycles. The minimum atomic E-state index is -0.641. The van der Waals surface area contributed by atoms with Crippen LogP contribution in [-0.2, 0) is 4.79 Å². The average Bonchev–Trinajstić information content (AvgIpc) is 1.75. The smallest absolute Gasteiger partial charge is 0.303 e. The molecule has 3 rings (SSSR count). The molecule has 3 aliphatic carbocycles. The molecule has 2 bridgehead atoms. The molecular formula is C8H11IO2. The molecule has 0 saturated heterocycles. The second-order valence-electron chi connectivity index (χ2n) is 4.07. The fourth-order valence-electron chi connectivity index (χ4n) is 2.50. The summed E-state index contributed by atoms with van der Waals surface area (Å²) >= 11 is 2.51. The molecule has 0 aromatic rings. The SMILES string of the molecule is O=C(O)CCC12CC(I)(C1)C2. The summed E-state index contributed by atoms with van der Waals surface area (Å²) < 4.78 is 0.594. The predicted octanol–water partition coefficient (Wildman–Crippen LogP) is 2.21. The Morgan fingerprint density at radius 1 is 1.45 bits per heavy atom. The van der Waals surface area contributed by atoms with Gasteiger partial charge in [0.2, 0.25) is 0 Å². The summed E-state index contributed by atoms with van der Waals surface area (Å²) in [5.74, 6) is -0.641. The Hall–Kier alpha value is 0.200. The van der Waals surface area contributed by atoms with E-state index in [1.165, 1.54) is 19.3 Å². The van der Waals surface area contributed by atoms with Crippen molar-refractivity contribution in [2.75, 3.05) is 0 Å². The molecule has 62 valence electrons. The number of hydrogen-bond donors (Lipinski definition) is 1. The molecular weight excluding hydrogens is 255 g/mol. The monoisotopic (exact) mass is 266 g/mol. The first kappa shape index (κ1) is 7.83. The van der Waals surface area contributed by atoms with Gasteiger partial charge in [-0.25, -0.2) is 0 Å². The number of halogens is 1. The number of hydrogen-bond acceptors (Lipinski definition) is 1. The summed E-state index contributed by atoms with van der Waals surface area (Å²) in [6.45, 7) is 0. The van der Waals surface area contributed by atoms with Crippen molar-refractivity contribution in [2.24, 2.45) is 5.41 Å². The van der Waals surface area contributed by atoms with E-state index in [1.54, 1.807) is 0 Å². The fraction of sp³-hybridized carbons (Fsp3) is 0.875. The molecule has 0 spiro atoms. The number of carbonyl (C=O) groups is 1. The maximum atomic E-state index is 10.3. The van der Waals surface area contributed by atoms with Gasteiger partial charge < -0.3 is 5.11 Å². The van der Waals surface area contributed by atoms with Gasteiger partial charge in [0.05, 0.1) is 0 Å².